The highest BCUT2D eigenvalue weighted by Crippen LogP contribution is 2.27. The lowest BCUT2D eigenvalue weighted by atomic mass is 10.1. The van der Waals surface area contributed by atoms with Crippen LogP contribution in [0.5, 0.6) is 0 Å². The van der Waals surface area contributed by atoms with Gasteiger partial charge in [0.25, 0.3) is 11.7 Å². The molecule has 5 rings (SSSR count). The number of aromatic nitrogens is 4. The van der Waals surface area contributed by atoms with E-state index >= 15 is 0 Å². The van der Waals surface area contributed by atoms with E-state index in [9.17, 15) is 9.59 Å². The molecular formula is C25H24N6O2. The number of pyridine rings is 1. The number of rotatable bonds is 5. The summed E-state index contributed by atoms with van der Waals surface area (Å²) >= 11 is 0. The molecule has 0 saturated carbocycles. The highest BCUT2D eigenvalue weighted by molar-refractivity contribution is 6.45. The molecule has 4 heterocycles. The Morgan fingerprint density at radius 2 is 1.88 bits per heavy atom. The predicted molar refractivity (Wildman–Crippen MR) is 126 cm³/mol. The zero-order valence-electron chi connectivity index (χ0n) is 18.4. The van der Waals surface area contributed by atoms with E-state index in [0.717, 1.165) is 47.1 Å². The van der Waals surface area contributed by atoms with Crippen molar-refractivity contribution in [3.63, 3.8) is 0 Å². The van der Waals surface area contributed by atoms with Crippen molar-refractivity contribution in [3.05, 3.63) is 66.7 Å². The third-order valence-electron chi connectivity index (χ3n) is 5.94. The molecule has 3 aromatic heterocycles. The van der Waals surface area contributed by atoms with Gasteiger partial charge in [-0.05, 0) is 55.7 Å². The van der Waals surface area contributed by atoms with Crippen LogP contribution in [0, 0.1) is 0 Å². The molecule has 4 aromatic rings. The van der Waals surface area contributed by atoms with Gasteiger partial charge < -0.3 is 14.8 Å². The summed E-state index contributed by atoms with van der Waals surface area (Å²) in [7, 11) is 1.87. The van der Waals surface area contributed by atoms with E-state index in [1.165, 1.54) is 0 Å². The number of amides is 1. The summed E-state index contributed by atoms with van der Waals surface area (Å²) in [6.07, 6.45) is 9.88. The normalized spacial score (nSPS) is 13.8. The van der Waals surface area contributed by atoms with Gasteiger partial charge in [-0.2, -0.15) is 0 Å². The number of aryl methyl sites for hydroxylation is 1. The number of anilines is 2. The van der Waals surface area contributed by atoms with Gasteiger partial charge in [-0.15, -0.1) is 0 Å². The van der Waals surface area contributed by atoms with Gasteiger partial charge in [0.2, 0.25) is 5.95 Å². The summed E-state index contributed by atoms with van der Waals surface area (Å²) in [4.78, 5) is 40.6. The Morgan fingerprint density at radius 1 is 1.03 bits per heavy atom. The lowest BCUT2D eigenvalue weighted by Crippen LogP contribution is -2.40. The van der Waals surface area contributed by atoms with E-state index in [2.05, 4.69) is 20.3 Å². The van der Waals surface area contributed by atoms with E-state index < -0.39 is 11.7 Å². The van der Waals surface area contributed by atoms with Crippen LogP contribution in [-0.4, -0.2) is 49.2 Å². The van der Waals surface area contributed by atoms with Gasteiger partial charge in [0.15, 0.2) is 0 Å². The number of ketones is 1. The van der Waals surface area contributed by atoms with E-state index in [1.54, 1.807) is 29.7 Å². The van der Waals surface area contributed by atoms with Crippen molar-refractivity contribution >= 4 is 34.2 Å². The second-order valence-corrected chi connectivity index (χ2v) is 8.20. The first-order chi connectivity index (χ1) is 16.1. The van der Waals surface area contributed by atoms with Crippen LogP contribution in [0.25, 0.3) is 22.2 Å². The Hall–Kier alpha value is -4.07. The van der Waals surface area contributed by atoms with Crippen LogP contribution in [0.4, 0.5) is 11.6 Å². The first kappa shape index (κ1) is 20.8. The molecule has 0 spiro atoms. The number of nitrogens with zero attached hydrogens (tertiary/aromatic N) is 5. The van der Waals surface area contributed by atoms with Crippen LogP contribution in [0.3, 0.4) is 0 Å². The van der Waals surface area contributed by atoms with E-state index in [0.29, 0.717) is 24.6 Å². The van der Waals surface area contributed by atoms with Crippen molar-refractivity contribution in [1.29, 1.82) is 0 Å². The van der Waals surface area contributed by atoms with Crippen molar-refractivity contribution in [2.24, 2.45) is 7.05 Å². The van der Waals surface area contributed by atoms with Gasteiger partial charge in [0.1, 0.15) is 0 Å². The molecule has 0 unspecified atom stereocenters. The largest absolute Gasteiger partial charge is 0.350 e. The van der Waals surface area contributed by atoms with Crippen molar-refractivity contribution in [1.82, 2.24) is 24.4 Å². The summed E-state index contributed by atoms with van der Waals surface area (Å²) in [5.74, 6) is -0.452. The number of Topliss-reactive ketones (excluding diaryl/α,β-unsaturated/α-hetero) is 1. The Bertz CT molecular complexity index is 1330. The minimum atomic E-state index is -0.463. The molecule has 0 atom stereocenters. The average molecular weight is 441 g/mol. The highest BCUT2D eigenvalue weighted by atomic mass is 16.2. The fourth-order valence-corrected chi connectivity index (χ4v) is 4.23. The van der Waals surface area contributed by atoms with Crippen molar-refractivity contribution in [3.8, 4) is 11.3 Å². The van der Waals surface area contributed by atoms with Crippen LogP contribution >= 0.6 is 0 Å². The first-order valence-electron chi connectivity index (χ1n) is 11.0. The third kappa shape index (κ3) is 4.19. The van der Waals surface area contributed by atoms with Gasteiger partial charge in [0, 0.05) is 67.1 Å². The van der Waals surface area contributed by atoms with Crippen LogP contribution in [-0.2, 0) is 11.8 Å². The monoisotopic (exact) mass is 440 g/mol. The van der Waals surface area contributed by atoms with E-state index in [-0.39, 0.29) is 0 Å². The Balaban J connectivity index is 1.44. The second kappa shape index (κ2) is 8.82. The number of hydrogen-bond acceptors (Lipinski definition) is 6. The van der Waals surface area contributed by atoms with Gasteiger partial charge in [0.05, 0.1) is 11.3 Å². The molecular weight excluding hydrogens is 416 g/mol. The number of nitrogens with one attached hydrogen (secondary N) is 1. The molecule has 0 radical (unpaired) electrons. The fourth-order valence-electron chi connectivity index (χ4n) is 4.23. The lowest BCUT2D eigenvalue weighted by Gasteiger charge is -2.25. The number of carbonyl (C=O) groups is 2. The molecule has 33 heavy (non-hydrogen) atoms. The van der Waals surface area contributed by atoms with Crippen LogP contribution in [0.2, 0.25) is 0 Å². The summed E-state index contributed by atoms with van der Waals surface area (Å²) in [5.41, 5.74) is 3.67. The maximum Gasteiger partial charge on any atom is 0.295 e. The zero-order valence-corrected chi connectivity index (χ0v) is 18.4. The summed E-state index contributed by atoms with van der Waals surface area (Å²) in [5, 5.41) is 3.94. The van der Waals surface area contributed by atoms with Gasteiger partial charge in [-0.25, -0.2) is 9.97 Å². The molecule has 1 aliphatic rings. The van der Waals surface area contributed by atoms with Gasteiger partial charge in [-0.3, -0.25) is 14.6 Å². The number of carbonyl (C=O) groups excluding carboxylic acids is 2. The highest BCUT2D eigenvalue weighted by Gasteiger charge is 2.27. The summed E-state index contributed by atoms with van der Waals surface area (Å²) in [6.45, 7) is 1.29. The molecule has 1 N–H and O–H groups in total. The Labute approximate surface area is 191 Å². The second-order valence-electron chi connectivity index (χ2n) is 8.20. The fraction of sp³-hybridized carbons (Fsp3) is 0.240. The maximum absolute atomic E-state index is 13.1. The van der Waals surface area contributed by atoms with Gasteiger partial charge >= 0.3 is 0 Å². The van der Waals surface area contributed by atoms with E-state index in [1.807, 2.05) is 48.0 Å². The number of likely N-dealkylation sites (tertiary alicyclic amines) is 1. The van der Waals surface area contributed by atoms with Crippen molar-refractivity contribution in [2.75, 3.05) is 18.4 Å². The number of benzene rings is 1. The Kier molecular flexibility index (Phi) is 5.56. The topological polar surface area (TPSA) is 93.0 Å². The summed E-state index contributed by atoms with van der Waals surface area (Å²) in [6, 6.07) is 11.3. The van der Waals surface area contributed by atoms with Crippen LogP contribution < -0.4 is 5.32 Å². The molecule has 8 nitrogen and oxygen atoms in total. The molecule has 1 saturated heterocycles. The molecule has 0 aliphatic carbocycles. The molecule has 1 amide bonds. The maximum atomic E-state index is 13.1. The minimum Gasteiger partial charge on any atom is -0.350 e. The molecule has 1 fully saturated rings. The predicted octanol–water partition coefficient (Wildman–Crippen LogP) is 3.97. The Morgan fingerprint density at radius 3 is 2.67 bits per heavy atom. The number of fused-ring (bicyclic) bond motifs is 1. The zero-order chi connectivity index (χ0) is 22.8. The SMILES string of the molecule is Cn1cc(C(=O)C(=O)N2CCCCC2)c2cc(Nc3nccc(-c4cccnc4)n3)ccc21. The average Bonchev–Trinajstić information content (AvgIpc) is 3.20. The third-order valence-corrected chi connectivity index (χ3v) is 5.94. The smallest absolute Gasteiger partial charge is 0.295 e. The molecule has 1 aliphatic heterocycles. The number of piperidine rings is 1. The number of hydrogen-bond donors (Lipinski definition) is 1. The quantitative estimate of drug-likeness (QED) is 0.373. The lowest BCUT2D eigenvalue weighted by molar-refractivity contribution is -0.127. The van der Waals surface area contributed by atoms with Crippen molar-refractivity contribution < 1.29 is 9.59 Å². The molecule has 1 aromatic carbocycles. The van der Waals surface area contributed by atoms with Gasteiger partial charge in [-0.1, -0.05) is 0 Å². The minimum absolute atomic E-state index is 0.414. The molecule has 166 valence electrons. The van der Waals surface area contributed by atoms with Crippen LogP contribution in [0.15, 0.2) is 61.2 Å². The van der Waals surface area contributed by atoms with Crippen molar-refractivity contribution in [2.45, 2.75) is 19.3 Å². The molecule has 8 heteroatoms. The van der Waals surface area contributed by atoms with Crippen LogP contribution in [0.1, 0.15) is 29.6 Å². The standard InChI is InChI=1S/C25H24N6O2/c1-30-16-20(23(32)24(33)31-12-3-2-4-13-31)19-14-18(7-8-22(19)30)28-25-27-11-9-21(29-25)17-6-5-10-26-15-17/h5-11,14-16H,2-4,12-13H2,1H3,(H,27,28,29). The van der Waals surface area contributed by atoms with E-state index in [4.69, 9.17) is 0 Å². The first-order valence-corrected chi connectivity index (χ1v) is 11.0. The molecule has 0 bridgehead atoms. The summed E-state index contributed by atoms with van der Waals surface area (Å²) < 4.78 is 1.87.